The quantitative estimate of drug-likeness (QED) is 0.849. The molecule has 30 heavy (non-hydrogen) atoms. The molecule has 0 unspecified atom stereocenters. The molecule has 158 valence electrons. The van der Waals surface area contributed by atoms with Crippen LogP contribution in [0.25, 0.3) is 0 Å². The molecular weight excluding hydrogens is 376 g/mol. The van der Waals surface area contributed by atoms with Crippen LogP contribution in [0.3, 0.4) is 0 Å². The molecule has 2 saturated heterocycles. The van der Waals surface area contributed by atoms with Crippen LogP contribution in [0.2, 0.25) is 0 Å². The lowest BCUT2D eigenvalue weighted by Crippen LogP contribution is -2.56. The Balaban J connectivity index is 1.33. The first-order valence-electron chi connectivity index (χ1n) is 10.8. The van der Waals surface area contributed by atoms with Crippen molar-refractivity contribution in [2.75, 3.05) is 32.7 Å². The van der Waals surface area contributed by atoms with Crippen LogP contribution in [0.15, 0.2) is 54.6 Å². The molecule has 2 aliphatic heterocycles. The van der Waals surface area contributed by atoms with E-state index in [1.54, 1.807) is 0 Å². The minimum Gasteiger partial charge on any atom is -0.336 e. The first-order chi connectivity index (χ1) is 14.6. The zero-order valence-electron chi connectivity index (χ0n) is 17.6. The normalized spacial score (nSPS) is 19.9. The van der Waals surface area contributed by atoms with E-state index in [4.69, 9.17) is 0 Å². The van der Waals surface area contributed by atoms with Gasteiger partial charge in [0, 0.05) is 45.8 Å². The molecule has 0 aliphatic carbocycles. The van der Waals surface area contributed by atoms with Crippen LogP contribution in [0.1, 0.15) is 23.1 Å². The molecule has 1 atom stereocenters. The summed E-state index contributed by atoms with van der Waals surface area (Å²) in [6.45, 7) is 6.86. The number of nitrogens with one attached hydrogen (secondary N) is 1. The molecule has 6 heteroatoms. The third-order valence-electron chi connectivity index (χ3n) is 6.05. The van der Waals surface area contributed by atoms with Gasteiger partial charge < -0.3 is 15.1 Å². The van der Waals surface area contributed by atoms with Crippen LogP contribution in [0.4, 0.5) is 4.79 Å². The molecule has 1 N–H and O–H groups in total. The molecule has 3 amide bonds. The lowest BCUT2D eigenvalue weighted by Gasteiger charge is -2.39. The minimum atomic E-state index is -0.129. The Kier molecular flexibility index (Phi) is 6.33. The summed E-state index contributed by atoms with van der Waals surface area (Å²) in [7, 11) is 0. The van der Waals surface area contributed by atoms with Crippen molar-refractivity contribution in [3.05, 3.63) is 71.3 Å². The second-order valence-electron chi connectivity index (χ2n) is 8.22. The van der Waals surface area contributed by atoms with E-state index in [2.05, 4.69) is 35.3 Å². The van der Waals surface area contributed by atoms with Gasteiger partial charge in [0.2, 0.25) is 5.91 Å². The Morgan fingerprint density at radius 3 is 2.53 bits per heavy atom. The lowest BCUT2D eigenvalue weighted by molar-refractivity contribution is -0.142. The highest BCUT2D eigenvalue weighted by Gasteiger charge is 2.37. The summed E-state index contributed by atoms with van der Waals surface area (Å²) in [6, 6.07) is 18.1. The Hall–Kier alpha value is -2.86. The highest BCUT2D eigenvalue weighted by molar-refractivity contribution is 5.83. The summed E-state index contributed by atoms with van der Waals surface area (Å²) in [5.41, 5.74) is 3.47. The SMILES string of the molecule is Cc1cccc(CN2CCN3CCN(C(=O)NCc4ccccc4)CC[C@H]3C2=O)c1. The molecule has 0 spiro atoms. The number of aryl methyl sites for hydroxylation is 1. The van der Waals surface area contributed by atoms with Crippen LogP contribution < -0.4 is 5.32 Å². The second kappa shape index (κ2) is 9.30. The van der Waals surface area contributed by atoms with Gasteiger partial charge in [-0.3, -0.25) is 9.69 Å². The Labute approximate surface area is 178 Å². The number of benzene rings is 2. The monoisotopic (exact) mass is 406 g/mol. The zero-order valence-corrected chi connectivity index (χ0v) is 17.6. The Bertz CT molecular complexity index is 886. The van der Waals surface area contributed by atoms with Crippen LogP contribution in [0.5, 0.6) is 0 Å². The molecule has 2 fully saturated rings. The van der Waals surface area contributed by atoms with Crippen molar-refractivity contribution in [3.63, 3.8) is 0 Å². The number of carbonyl (C=O) groups is 2. The van der Waals surface area contributed by atoms with Crippen molar-refractivity contribution in [2.24, 2.45) is 0 Å². The van der Waals surface area contributed by atoms with E-state index >= 15 is 0 Å². The number of amides is 3. The lowest BCUT2D eigenvalue weighted by atomic mass is 10.1. The van der Waals surface area contributed by atoms with E-state index in [0.29, 0.717) is 32.6 Å². The molecule has 4 rings (SSSR count). The van der Waals surface area contributed by atoms with Crippen molar-refractivity contribution in [3.8, 4) is 0 Å². The maximum atomic E-state index is 13.2. The number of rotatable bonds is 4. The number of nitrogens with zero attached hydrogens (tertiary/aromatic N) is 3. The van der Waals surface area contributed by atoms with E-state index in [1.165, 1.54) is 11.1 Å². The highest BCUT2D eigenvalue weighted by Crippen LogP contribution is 2.20. The largest absolute Gasteiger partial charge is 0.336 e. The standard InChI is InChI=1S/C24H30N4O2/c1-19-6-5-9-21(16-19)18-28-15-13-26-12-14-27(11-10-22(26)23(28)29)24(30)25-17-20-7-3-2-4-8-20/h2-9,16,22H,10-15,17-18H2,1H3,(H,25,30)/t22-/m0/s1. The maximum Gasteiger partial charge on any atom is 0.317 e. The third kappa shape index (κ3) is 4.82. The number of carbonyl (C=O) groups excluding carboxylic acids is 2. The van der Waals surface area contributed by atoms with Crippen molar-refractivity contribution < 1.29 is 9.59 Å². The van der Waals surface area contributed by atoms with Crippen molar-refractivity contribution in [1.82, 2.24) is 20.0 Å². The highest BCUT2D eigenvalue weighted by atomic mass is 16.2. The topological polar surface area (TPSA) is 55.9 Å². The minimum absolute atomic E-state index is 0.0530. The van der Waals surface area contributed by atoms with Gasteiger partial charge in [-0.25, -0.2) is 4.79 Å². The number of hydrogen-bond acceptors (Lipinski definition) is 3. The van der Waals surface area contributed by atoms with Gasteiger partial charge in [0.05, 0.1) is 6.04 Å². The Morgan fingerprint density at radius 2 is 1.73 bits per heavy atom. The average Bonchev–Trinajstić information content (AvgIpc) is 2.98. The first-order valence-corrected chi connectivity index (χ1v) is 10.8. The summed E-state index contributed by atoms with van der Waals surface area (Å²) >= 11 is 0. The predicted molar refractivity (Wildman–Crippen MR) is 117 cm³/mol. The number of piperazine rings is 1. The number of urea groups is 1. The van der Waals surface area contributed by atoms with E-state index < -0.39 is 0 Å². The van der Waals surface area contributed by atoms with Gasteiger partial charge in [-0.2, -0.15) is 0 Å². The summed E-state index contributed by atoms with van der Waals surface area (Å²) in [5.74, 6) is 0.189. The molecule has 0 saturated carbocycles. The molecule has 2 aliphatic rings. The van der Waals surface area contributed by atoms with E-state index in [1.807, 2.05) is 46.2 Å². The summed E-state index contributed by atoms with van der Waals surface area (Å²) in [4.78, 5) is 31.9. The third-order valence-corrected chi connectivity index (χ3v) is 6.05. The van der Waals surface area contributed by atoms with Gasteiger partial charge in [-0.1, -0.05) is 60.2 Å². The van der Waals surface area contributed by atoms with E-state index in [0.717, 1.165) is 25.2 Å². The summed E-state index contributed by atoms with van der Waals surface area (Å²) in [6.07, 6.45) is 0.682. The Morgan fingerprint density at radius 1 is 0.967 bits per heavy atom. The first kappa shape index (κ1) is 20.4. The van der Waals surface area contributed by atoms with Crippen LogP contribution >= 0.6 is 0 Å². The van der Waals surface area contributed by atoms with Gasteiger partial charge in [-0.05, 0) is 24.5 Å². The second-order valence-corrected chi connectivity index (χ2v) is 8.22. The van der Waals surface area contributed by atoms with Crippen LogP contribution in [-0.2, 0) is 17.9 Å². The fourth-order valence-electron chi connectivity index (χ4n) is 4.37. The van der Waals surface area contributed by atoms with E-state index in [-0.39, 0.29) is 18.0 Å². The van der Waals surface area contributed by atoms with Gasteiger partial charge >= 0.3 is 6.03 Å². The van der Waals surface area contributed by atoms with Gasteiger partial charge in [0.15, 0.2) is 0 Å². The molecule has 0 radical (unpaired) electrons. The molecule has 2 aromatic carbocycles. The maximum absolute atomic E-state index is 13.2. The molecule has 6 nitrogen and oxygen atoms in total. The zero-order chi connectivity index (χ0) is 20.9. The predicted octanol–water partition coefficient (Wildman–Crippen LogP) is 2.62. The van der Waals surface area contributed by atoms with E-state index in [9.17, 15) is 9.59 Å². The fraction of sp³-hybridized carbons (Fsp3) is 0.417. The average molecular weight is 407 g/mol. The van der Waals surface area contributed by atoms with Crippen molar-refractivity contribution in [2.45, 2.75) is 32.5 Å². The summed E-state index contributed by atoms with van der Waals surface area (Å²) in [5, 5.41) is 3.01. The fourth-order valence-corrected chi connectivity index (χ4v) is 4.37. The molecular formula is C24H30N4O2. The van der Waals surface area contributed by atoms with Crippen LogP contribution in [0, 0.1) is 6.92 Å². The van der Waals surface area contributed by atoms with Gasteiger partial charge in [-0.15, -0.1) is 0 Å². The van der Waals surface area contributed by atoms with Crippen LogP contribution in [-0.4, -0.2) is 65.4 Å². The summed E-state index contributed by atoms with van der Waals surface area (Å²) < 4.78 is 0. The number of fused-ring (bicyclic) bond motifs is 1. The number of hydrogen-bond donors (Lipinski definition) is 1. The van der Waals surface area contributed by atoms with Gasteiger partial charge in [0.25, 0.3) is 0 Å². The van der Waals surface area contributed by atoms with Crippen molar-refractivity contribution >= 4 is 11.9 Å². The molecule has 2 aromatic rings. The smallest absolute Gasteiger partial charge is 0.317 e. The molecule has 0 bridgehead atoms. The van der Waals surface area contributed by atoms with Crippen molar-refractivity contribution in [1.29, 1.82) is 0 Å². The molecule has 2 heterocycles. The molecule has 0 aromatic heterocycles. The van der Waals surface area contributed by atoms with Gasteiger partial charge in [0.1, 0.15) is 0 Å².